The van der Waals surface area contributed by atoms with Gasteiger partial charge in [-0.15, -0.1) is 0 Å². The molecule has 3 unspecified atom stereocenters. The van der Waals surface area contributed by atoms with Crippen LogP contribution in [0, 0.1) is 34.0 Å². The molecule has 2 aliphatic rings. The van der Waals surface area contributed by atoms with Gasteiger partial charge in [-0.25, -0.2) is 0 Å². The molecule has 3 amide bonds. The van der Waals surface area contributed by atoms with Crippen molar-refractivity contribution in [1.29, 1.82) is 5.26 Å². The van der Waals surface area contributed by atoms with E-state index in [4.69, 9.17) is 0 Å². The minimum atomic E-state index is -5.16. The van der Waals surface area contributed by atoms with Gasteiger partial charge in [0.2, 0.25) is 11.8 Å². The fourth-order valence-electron chi connectivity index (χ4n) is 5.16. The number of fused-ring (bicyclic) bond motifs is 1. The Balaban J connectivity index is 1.86. The number of halogens is 3. The van der Waals surface area contributed by atoms with Gasteiger partial charge in [0.1, 0.15) is 18.1 Å². The van der Waals surface area contributed by atoms with Crippen LogP contribution in [0.15, 0.2) is 24.4 Å². The number of aromatic nitrogens is 1. The molecular formula is C25H32F3N5O3. The lowest BCUT2D eigenvalue weighted by Gasteiger charge is -2.38. The number of nitrogens with zero attached hydrogens (tertiary/aromatic N) is 3. The van der Waals surface area contributed by atoms with Gasteiger partial charge in [-0.3, -0.25) is 19.4 Å². The van der Waals surface area contributed by atoms with Gasteiger partial charge in [0, 0.05) is 24.4 Å². The quantitative estimate of drug-likeness (QED) is 0.615. The van der Waals surface area contributed by atoms with E-state index in [0.717, 1.165) is 0 Å². The zero-order valence-electron chi connectivity index (χ0n) is 21.2. The Kier molecular flexibility index (Phi) is 7.14. The van der Waals surface area contributed by atoms with Crippen molar-refractivity contribution in [2.75, 3.05) is 6.54 Å². The van der Waals surface area contributed by atoms with Gasteiger partial charge in [-0.1, -0.05) is 47.6 Å². The lowest BCUT2D eigenvalue weighted by molar-refractivity contribution is -0.176. The molecule has 1 aromatic rings. The molecule has 1 aliphatic carbocycles. The predicted molar refractivity (Wildman–Crippen MR) is 124 cm³/mol. The summed E-state index contributed by atoms with van der Waals surface area (Å²) in [4.78, 5) is 44.3. The number of rotatable bonds is 6. The van der Waals surface area contributed by atoms with Crippen LogP contribution in [0.25, 0.3) is 0 Å². The Morgan fingerprint density at radius 1 is 1.19 bits per heavy atom. The van der Waals surface area contributed by atoms with E-state index in [1.165, 1.54) is 4.90 Å². The van der Waals surface area contributed by atoms with Crippen molar-refractivity contribution in [2.24, 2.45) is 22.7 Å². The summed E-state index contributed by atoms with van der Waals surface area (Å²) in [7, 11) is 0. The second-order valence-electron chi connectivity index (χ2n) is 11.3. The summed E-state index contributed by atoms with van der Waals surface area (Å²) < 4.78 is 38.9. The summed E-state index contributed by atoms with van der Waals surface area (Å²) in [5.74, 6) is -4.20. The molecule has 36 heavy (non-hydrogen) atoms. The number of alkyl halides is 3. The van der Waals surface area contributed by atoms with Crippen LogP contribution in [0.1, 0.15) is 53.2 Å². The summed E-state index contributed by atoms with van der Waals surface area (Å²) in [6, 6.07) is 3.91. The van der Waals surface area contributed by atoms with E-state index in [9.17, 15) is 32.8 Å². The lowest BCUT2D eigenvalue weighted by atomic mass is 9.85. The van der Waals surface area contributed by atoms with Crippen molar-refractivity contribution >= 4 is 17.7 Å². The van der Waals surface area contributed by atoms with Crippen molar-refractivity contribution in [3.8, 4) is 6.07 Å². The number of nitrogens with one attached hydrogen (secondary N) is 2. The van der Waals surface area contributed by atoms with E-state index in [2.05, 4.69) is 16.4 Å². The smallest absolute Gasteiger partial charge is 0.338 e. The summed E-state index contributed by atoms with van der Waals surface area (Å²) in [6.07, 6.45) is -3.57. The van der Waals surface area contributed by atoms with Gasteiger partial charge in [0.05, 0.1) is 6.07 Å². The highest BCUT2D eigenvalue weighted by Gasteiger charge is 2.70. The zero-order valence-corrected chi connectivity index (χ0v) is 21.2. The summed E-state index contributed by atoms with van der Waals surface area (Å²) >= 11 is 0. The van der Waals surface area contributed by atoms with Gasteiger partial charge < -0.3 is 15.5 Å². The monoisotopic (exact) mass is 507 g/mol. The number of nitriles is 1. The molecule has 3 rings (SSSR count). The first kappa shape index (κ1) is 27.4. The van der Waals surface area contributed by atoms with E-state index in [-0.39, 0.29) is 23.8 Å². The predicted octanol–water partition coefficient (Wildman–Crippen LogP) is 2.77. The molecule has 11 heteroatoms. The van der Waals surface area contributed by atoms with E-state index in [1.807, 2.05) is 19.2 Å². The fraction of sp³-hybridized carbons (Fsp3) is 0.640. The standard InChI is InChI=1S/C25H32F3N5O3/c1-13(15-9-7-8-10-30-15)16(11-29)31-20(34)18-17-14(24(17,5)6)12-33(18)21(35)19(23(2,3)4)32-22(36)25(26,27)28/h7-10,13-14,16-19H,12H2,1-6H3,(H,31,34)(H,32,36)/t13?,14-,16?,17-,18-,19?/m0/s1. The third kappa shape index (κ3) is 5.18. The van der Waals surface area contributed by atoms with Gasteiger partial charge >= 0.3 is 12.1 Å². The molecule has 0 aromatic carbocycles. The summed E-state index contributed by atoms with van der Waals surface area (Å²) in [5.41, 5.74) is -0.694. The molecule has 0 spiro atoms. The second-order valence-corrected chi connectivity index (χ2v) is 11.3. The third-order valence-electron chi connectivity index (χ3n) is 7.50. The van der Waals surface area contributed by atoms with E-state index in [1.54, 1.807) is 52.1 Å². The molecule has 2 fully saturated rings. The van der Waals surface area contributed by atoms with Crippen LogP contribution in [0.3, 0.4) is 0 Å². The van der Waals surface area contributed by atoms with Crippen LogP contribution >= 0.6 is 0 Å². The maximum absolute atomic E-state index is 13.5. The van der Waals surface area contributed by atoms with Crippen LogP contribution in [0.2, 0.25) is 0 Å². The molecule has 0 bridgehead atoms. The minimum Gasteiger partial charge on any atom is -0.338 e. The fourth-order valence-corrected chi connectivity index (χ4v) is 5.16. The average Bonchev–Trinajstić information content (AvgIpc) is 3.11. The Bertz CT molecular complexity index is 1060. The maximum Gasteiger partial charge on any atom is 0.471 e. The first-order chi connectivity index (χ1) is 16.5. The number of pyridine rings is 1. The summed E-state index contributed by atoms with van der Waals surface area (Å²) in [5, 5.41) is 14.3. The Hall–Kier alpha value is -3.16. The van der Waals surface area contributed by atoms with Crippen molar-refractivity contribution in [3.05, 3.63) is 30.1 Å². The van der Waals surface area contributed by atoms with Crippen molar-refractivity contribution in [3.63, 3.8) is 0 Å². The highest BCUT2D eigenvalue weighted by Crippen LogP contribution is 2.65. The van der Waals surface area contributed by atoms with Crippen LogP contribution in [-0.4, -0.2) is 58.5 Å². The largest absolute Gasteiger partial charge is 0.471 e. The molecule has 1 aliphatic heterocycles. The van der Waals surface area contributed by atoms with E-state index >= 15 is 0 Å². The maximum atomic E-state index is 13.5. The number of likely N-dealkylation sites (tertiary alicyclic amines) is 1. The highest BCUT2D eigenvalue weighted by atomic mass is 19.4. The van der Waals surface area contributed by atoms with Crippen LogP contribution in [-0.2, 0) is 14.4 Å². The van der Waals surface area contributed by atoms with E-state index < -0.39 is 53.4 Å². The van der Waals surface area contributed by atoms with E-state index in [0.29, 0.717) is 5.69 Å². The first-order valence-electron chi connectivity index (χ1n) is 11.8. The van der Waals surface area contributed by atoms with Gasteiger partial charge in [-0.05, 0) is 34.8 Å². The van der Waals surface area contributed by atoms with Gasteiger partial charge in [-0.2, -0.15) is 18.4 Å². The molecule has 1 saturated carbocycles. The topological polar surface area (TPSA) is 115 Å². The molecule has 8 nitrogen and oxygen atoms in total. The second kappa shape index (κ2) is 9.37. The minimum absolute atomic E-state index is 0.0233. The third-order valence-corrected chi connectivity index (χ3v) is 7.50. The normalized spacial score (nSPS) is 25.1. The van der Waals surface area contributed by atoms with Gasteiger partial charge in [0.15, 0.2) is 0 Å². The van der Waals surface area contributed by atoms with Crippen molar-refractivity contribution in [1.82, 2.24) is 20.5 Å². The first-order valence-corrected chi connectivity index (χ1v) is 11.8. The Morgan fingerprint density at radius 2 is 1.83 bits per heavy atom. The molecular weight excluding hydrogens is 475 g/mol. The lowest BCUT2D eigenvalue weighted by Crippen LogP contribution is -2.61. The number of piperidine rings is 1. The number of hydrogen-bond donors (Lipinski definition) is 2. The van der Waals surface area contributed by atoms with Crippen LogP contribution in [0.5, 0.6) is 0 Å². The number of hydrogen-bond acceptors (Lipinski definition) is 5. The average molecular weight is 508 g/mol. The Labute approximate surface area is 208 Å². The SMILES string of the molecule is CC(c1ccccn1)C(C#N)NC(=O)[C@@H]1[C@@H]2[C@H](CN1C(=O)C(NC(=O)C(F)(F)F)C(C)(C)C)C2(C)C. The number of amides is 3. The molecule has 196 valence electrons. The number of carbonyl (C=O) groups is 3. The zero-order chi connectivity index (χ0) is 27.2. The highest BCUT2D eigenvalue weighted by molar-refractivity contribution is 5.95. The Morgan fingerprint density at radius 3 is 2.33 bits per heavy atom. The molecule has 6 atom stereocenters. The molecule has 2 N–H and O–H groups in total. The molecule has 1 aromatic heterocycles. The van der Waals surface area contributed by atoms with Crippen molar-refractivity contribution in [2.45, 2.75) is 71.8 Å². The van der Waals surface area contributed by atoms with Crippen LogP contribution < -0.4 is 10.6 Å². The van der Waals surface area contributed by atoms with Crippen molar-refractivity contribution < 1.29 is 27.6 Å². The molecule has 0 radical (unpaired) electrons. The number of carbonyl (C=O) groups excluding carboxylic acids is 3. The molecule has 2 heterocycles. The summed E-state index contributed by atoms with van der Waals surface area (Å²) in [6.45, 7) is 10.5. The van der Waals surface area contributed by atoms with Crippen LogP contribution in [0.4, 0.5) is 13.2 Å². The molecule has 1 saturated heterocycles. The van der Waals surface area contributed by atoms with Gasteiger partial charge in [0.25, 0.3) is 0 Å².